The Morgan fingerprint density at radius 2 is 2.00 bits per heavy atom. The highest BCUT2D eigenvalue weighted by molar-refractivity contribution is 6.38. The van der Waals surface area contributed by atoms with Crippen LogP contribution in [0.15, 0.2) is 36.4 Å². The number of methoxy groups -OCH3 is 1. The number of rotatable bonds is 3. The van der Waals surface area contributed by atoms with Crippen LogP contribution in [-0.2, 0) is 0 Å². The lowest BCUT2D eigenvalue weighted by Crippen LogP contribution is -2.14. The van der Waals surface area contributed by atoms with Gasteiger partial charge >= 0.3 is 0 Å². The van der Waals surface area contributed by atoms with Gasteiger partial charge in [-0.3, -0.25) is 4.79 Å². The van der Waals surface area contributed by atoms with Gasteiger partial charge in [-0.05, 0) is 24.3 Å². The minimum atomic E-state index is -0.405. The van der Waals surface area contributed by atoms with E-state index in [4.69, 9.17) is 33.7 Å². The first-order chi connectivity index (χ1) is 9.51. The van der Waals surface area contributed by atoms with Crippen LogP contribution in [0.3, 0.4) is 0 Å². The van der Waals surface area contributed by atoms with E-state index in [0.29, 0.717) is 16.5 Å². The topological polar surface area (TPSA) is 64.3 Å². The molecule has 0 saturated carbocycles. The van der Waals surface area contributed by atoms with Crippen LogP contribution in [0, 0.1) is 0 Å². The molecule has 0 atom stereocenters. The van der Waals surface area contributed by atoms with E-state index in [2.05, 4.69) is 5.32 Å². The summed E-state index contributed by atoms with van der Waals surface area (Å²) in [6.07, 6.45) is 0. The number of benzene rings is 2. The molecular weight excluding hydrogens is 299 g/mol. The number of ether oxygens (including phenoxy) is 1. The van der Waals surface area contributed by atoms with Crippen LogP contribution in [0.25, 0.3) is 0 Å². The number of anilines is 2. The van der Waals surface area contributed by atoms with Gasteiger partial charge in [0.15, 0.2) is 0 Å². The number of halogens is 2. The molecule has 0 aliphatic carbocycles. The lowest BCUT2D eigenvalue weighted by Gasteiger charge is -2.10. The molecule has 4 nitrogen and oxygen atoms in total. The van der Waals surface area contributed by atoms with Gasteiger partial charge in [-0.15, -0.1) is 0 Å². The summed E-state index contributed by atoms with van der Waals surface area (Å²) in [5.74, 6) is 0.232. The second-order valence-electron chi connectivity index (χ2n) is 4.04. The molecule has 0 spiro atoms. The maximum atomic E-state index is 12.2. The van der Waals surface area contributed by atoms with Crippen molar-refractivity contribution in [1.29, 1.82) is 0 Å². The zero-order valence-corrected chi connectivity index (χ0v) is 12.1. The number of amides is 1. The van der Waals surface area contributed by atoms with E-state index in [-0.39, 0.29) is 16.3 Å². The van der Waals surface area contributed by atoms with Crippen LogP contribution in [-0.4, -0.2) is 13.0 Å². The summed E-state index contributed by atoms with van der Waals surface area (Å²) in [4.78, 5) is 12.2. The number of nitrogens with two attached hydrogens (primary N) is 1. The maximum Gasteiger partial charge on any atom is 0.259 e. The summed E-state index contributed by atoms with van der Waals surface area (Å²) in [6.45, 7) is 0. The number of hydrogen-bond donors (Lipinski definition) is 2. The molecule has 0 saturated heterocycles. The van der Waals surface area contributed by atoms with Crippen molar-refractivity contribution in [3.05, 3.63) is 52.0 Å². The summed E-state index contributed by atoms with van der Waals surface area (Å²) in [5.41, 5.74) is 6.78. The number of nitrogen functional groups attached to an aromatic ring is 1. The molecule has 0 unspecified atom stereocenters. The maximum absolute atomic E-state index is 12.2. The summed E-state index contributed by atoms with van der Waals surface area (Å²) < 4.78 is 5.09. The third-order valence-electron chi connectivity index (χ3n) is 2.64. The molecule has 0 radical (unpaired) electrons. The summed E-state index contributed by atoms with van der Waals surface area (Å²) in [7, 11) is 1.55. The Bertz CT molecular complexity index is 636. The summed E-state index contributed by atoms with van der Waals surface area (Å²) in [5, 5.41) is 3.29. The number of carbonyl (C=O) groups excluding carboxylic acids is 1. The Morgan fingerprint density at radius 3 is 2.65 bits per heavy atom. The van der Waals surface area contributed by atoms with Gasteiger partial charge in [-0.1, -0.05) is 29.3 Å². The molecular formula is C14H12Cl2N2O2. The number of nitrogens with one attached hydrogen (secondary N) is 1. The Labute approximate surface area is 126 Å². The molecule has 0 heterocycles. The van der Waals surface area contributed by atoms with E-state index in [1.165, 1.54) is 12.1 Å². The monoisotopic (exact) mass is 310 g/mol. The zero-order valence-electron chi connectivity index (χ0n) is 10.6. The Balaban J connectivity index is 2.28. The Hall–Kier alpha value is -1.91. The van der Waals surface area contributed by atoms with E-state index in [1.54, 1.807) is 31.4 Å². The molecule has 2 aromatic carbocycles. The first kappa shape index (κ1) is 14.5. The molecule has 0 aliphatic rings. The van der Waals surface area contributed by atoms with Crippen molar-refractivity contribution in [1.82, 2.24) is 0 Å². The quantitative estimate of drug-likeness (QED) is 0.847. The summed E-state index contributed by atoms with van der Waals surface area (Å²) >= 11 is 11.8. The molecule has 0 fully saturated rings. The fourth-order valence-corrected chi connectivity index (χ4v) is 2.32. The van der Waals surface area contributed by atoms with Crippen molar-refractivity contribution in [3.63, 3.8) is 0 Å². The second kappa shape index (κ2) is 6.03. The largest absolute Gasteiger partial charge is 0.497 e. The molecule has 6 heteroatoms. The average Bonchev–Trinajstić information content (AvgIpc) is 2.37. The van der Waals surface area contributed by atoms with E-state index in [1.807, 2.05) is 0 Å². The average molecular weight is 311 g/mol. The van der Waals surface area contributed by atoms with Gasteiger partial charge in [0, 0.05) is 22.5 Å². The minimum absolute atomic E-state index is 0.193. The molecule has 2 rings (SSSR count). The molecule has 104 valence electrons. The van der Waals surface area contributed by atoms with Gasteiger partial charge in [-0.2, -0.15) is 0 Å². The van der Waals surface area contributed by atoms with Crippen molar-refractivity contribution in [2.75, 3.05) is 18.2 Å². The molecule has 20 heavy (non-hydrogen) atoms. The van der Waals surface area contributed by atoms with Crippen molar-refractivity contribution in [2.24, 2.45) is 0 Å². The third-order valence-corrected chi connectivity index (χ3v) is 3.16. The van der Waals surface area contributed by atoms with Crippen LogP contribution in [0.2, 0.25) is 10.0 Å². The normalized spacial score (nSPS) is 10.2. The van der Waals surface area contributed by atoms with Gasteiger partial charge < -0.3 is 15.8 Å². The van der Waals surface area contributed by atoms with Crippen LogP contribution >= 0.6 is 23.2 Å². The van der Waals surface area contributed by atoms with Crippen LogP contribution in [0.5, 0.6) is 5.75 Å². The second-order valence-corrected chi connectivity index (χ2v) is 4.88. The zero-order chi connectivity index (χ0) is 14.7. The van der Waals surface area contributed by atoms with Crippen molar-refractivity contribution < 1.29 is 9.53 Å². The smallest absolute Gasteiger partial charge is 0.259 e. The van der Waals surface area contributed by atoms with Gasteiger partial charge in [0.2, 0.25) is 0 Å². The van der Waals surface area contributed by atoms with Crippen molar-refractivity contribution in [3.8, 4) is 5.75 Å². The van der Waals surface area contributed by atoms with Gasteiger partial charge in [-0.25, -0.2) is 0 Å². The first-order valence-electron chi connectivity index (χ1n) is 5.71. The van der Waals surface area contributed by atoms with Crippen molar-refractivity contribution >= 4 is 40.5 Å². The van der Waals surface area contributed by atoms with Crippen LogP contribution < -0.4 is 15.8 Å². The highest BCUT2D eigenvalue weighted by atomic mass is 35.5. The van der Waals surface area contributed by atoms with E-state index < -0.39 is 5.91 Å². The Kier molecular flexibility index (Phi) is 4.37. The van der Waals surface area contributed by atoms with Gasteiger partial charge in [0.05, 0.1) is 17.7 Å². The van der Waals surface area contributed by atoms with E-state index in [9.17, 15) is 4.79 Å². The predicted molar refractivity (Wildman–Crippen MR) is 81.8 cm³/mol. The number of hydrogen-bond acceptors (Lipinski definition) is 3. The molecule has 0 aliphatic heterocycles. The van der Waals surface area contributed by atoms with Crippen LogP contribution in [0.1, 0.15) is 10.4 Å². The number of carbonyl (C=O) groups is 1. The third kappa shape index (κ3) is 3.15. The lowest BCUT2D eigenvalue weighted by molar-refractivity contribution is 0.102. The molecule has 1 amide bonds. The highest BCUT2D eigenvalue weighted by Crippen LogP contribution is 2.28. The van der Waals surface area contributed by atoms with E-state index in [0.717, 1.165) is 0 Å². The Morgan fingerprint density at radius 1 is 1.25 bits per heavy atom. The first-order valence-corrected chi connectivity index (χ1v) is 6.47. The van der Waals surface area contributed by atoms with Crippen molar-refractivity contribution in [2.45, 2.75) is 0 Å². The van der Waals surface area contributed by atoms with Gasteiger partial charge in [0.25, 0.3) is 5.91 Å². The highest BCUT2D eigenvalue weighted by Gasteiger charge is 2.15. The molecule has 3 N–H and O–H groups in total. The standard InChI is InChI=1S/C14H12Cl2N2O2/c1-20-10-4-2-3-9(7-10)18-14(19)13-11(16)5-8(15)6-12(13)17/h2-7H,17H2,1H3,(H,18,19). The molecule has 0 aromatic heterocycles. The SMILES string of the molecule is COc1cccc(NC(=O)c2c(N)cc(Cl)cc2Cl)c1. The molecule has 0 bridgehead atoms. The lowest BCUT2D eigenvalue weighted by atomic mass is 10.1. The van der Waals surface area contributed by atoms with Gasteiger partial charge in [0.1, 0.15) is 5.75 Å². The van der Waals surface area contributed by atoms with Crippen LogP contribution in [0.4, 0.5) is 11.4 Å². The summed E-state index contributed by atoms with van der Waals surface area (Å²) in [6, 6.07) is 9.92. The van der Waals surface area contributed by atoms with E-state index >= 15 is 0 Å². The fourth-order valence-electron chi connectivity index (χ4n) is 1.73. The minimum Gasteiger partial charge on any atom is -0.497 e. The fraction of sp³-hybridized carbons (Fsp3) is 0.0714. The predicted octanol–water partition coefficient (Wildman–Crippen LogP) is 3.84. The molecule has 2 aromatic rings.